The number of nitrogens with zero attached hydrogens (tertiary/aromatic N) is 1. The second-order valence-corrected chi connectivity index (χ2v) is 12.8. The molecule has 13 heteroatoms. The summed E-state index contributed by atoms with van der Waals surface area (Å²) in [5.41, 5.74) is 0.263. The fourth-order valence-electron chi connectivity index (χ4n) is 4.31. The van der Waals surface area contributed by atoms with E-state index in [2.05, 4.69) is 4.58 Å². The molecule has 3 aromatic rings. The minimum absolute atomic E-state index is 0.00632. The first-order valence-electron chi connectivity index (χ1n) is 12.7. The van der Waals surface area contributed by atoms with Crippen molar-refractivity contribution in [2.75, 3.05) is 6.26 Å². The quantitative estimate of drug-likeness (QED) is 0.159. The number of allylic oxidation sites excluding steroid dienone is 2. The Morgan fingerprint density at radius 1 is 1.17 bits per heavy atom. The van der Waals surface area contributed by atoms with Gasteiger partial charge >= 0.3 is 10.5 Å². The van der Waals surface area contributed by atoms with E-state index in [0.717, 1.165) is 5.57 Å². The van der Waals surface area contributed by atoms with Crippen LogP contribution in [0.1, 0.15) is 52.7 Å². The van der Waals surface area contributed by atoms with Gasteiger partial charge in [-0.25, -0.2) is 0 Å². The second-order valence-electron chi connectivity index (χ2n) is 9.87. The van der Waals surface area contributed by atoms with E-state index in [-0.39, 0.29) is 45.8 Å². The minimum atomic E-state index is -5.55. The molecule has 0 fully saturated rings. The molecule has 0 aliphatic carbocycles. The molecular weight excluding hydrogens is 577 g/mol. The molecule has 0 N–H and O–H groups in total. The molecule has 0 saturated heterocycles. The van der Waals surface area contributed by atoms with Crippen molar-refractivity contribution in [1.29, 1.82) is 0 Å². The highest BCUT2D eigenvalue weighted by molar-refractivity contribution is 8.24. The van der Waals surface area contributed by atoms with Crippen LogP contribution in [0.25, 0.3) is 28.2 Å². The third-order valence-corrected chi connectivity index (χ3v) is 7.66. The largest absolute Gasteiger partial charge is 0.488 e. The van der Waals surface area contributed by atoms with E-state index in [4.69, 9.17) is 21.7 Å². The minimum Gasteiger partial charge on any atom is -0.483 e. The van der Waals surface area contributed by atoms with Crippen molar-refractivity contribution in [2.45, 2.75) is 53.6 Å². The summed E-state index contributed by atoms with van der Waals surface area (Å²) in [5, 5.41) is -0.278. The van der Waals surface area contributed by atoms with E-state index in [1.165, 1.54) is 30.7 Å². The number of rotatable bonds is 6. The third kappa shape index (κ3) is 5.96. The van der Waals surface area contributed by atoms with E-state index in [0.29, 0.717) is 11.1 Å². The zero-order valence-corrected chi connectivity index (χ0v) is 25.2. The van der Waals surface area contributed by atoms with Crippen LogP contribution in [0, 0.1) is 4.91 Å². The van der Waals surface area contributed by atoms with Crippen LogP contribution in [0.2, 0.25) is 0 Å². The molecule has 2 aromatic carbocycles. The van der Waals surface area contributed by atoms with Gasteiger partial charge in [0.15, 0.2) is 22.8 Å². The first kappa shape index (κ1) is 30.1. The molecule has 0 spiro atoms. The summed E-state index contributed by atoms with van der Waals surface area (Å²) in [7, 11) is -8.25. The summed E-state index contributed by atoms with van der Waals surface area (Å²) >= 11 is 0. The van der Waals surface area contributed by atoms with Crippen LogP contribution in [0.3, 0.4) is 0 Å². The maximum atomic E-state index is 14.1. The zero-order chi connectivity index (χ0) is 30.3. The normalized spacial score (nSPS) is 19.6. The van der Waals surface area contributed by atoms with Gasteiger partial charge in [0.1, 0.15) is 23.0 Å². The zero-order valence-electron chi connectivity index (χ0n) is 23.6. The van der Waals surface area contributed by atoms with E-state index >= 15 is 0 Å². The Labute approximate surface area is 239 Å². The molecule has 0 saturated carbocycles. The van der Waals surface area contributed by atoms with Crippen molar-refractivity contribution in [2.24, 2.45) is 4.58 Å². The lowest BCUT2D eigenvalue weighted by Crippen LogP contribution is -2.28. The fourth-order valence-corrected chi connectivity index (χ4v) is 5.73. The highest BCUT2D eigenvalue weighted by Crippen LogP contribution is 2.58. The van der Waals surface area contributed by atoms with Gasteiger partial charge in [-0.2, -0.15) is 8.42 Å². The van der Waals surface area contributed by atoms with Crippen LogP contribution >= 0.6 is 10.8 Å². The molecule has 220 valence electrons. The maximum absolute atomic E-state index is 14.1. The van der Waals surface area contributed by atoms with E-state index in [1.54, 1.807) is 32.1 Å². The summed E-state index contributed by atoms with van der Waals surface area (Å²) in [5.74, 6) is 0.166. The van der Waals surface area contributed by atoms with Gasteiger partial charge in [-0.3, -0.25) is 4.79 Å². The Morgan fingerprint density at radius 2 is 1.85 bits per heavy atom. The molecule has 0 radical (unpaired) electrons. The molecular formula is C28H30FNO9S2. The van der Waals surface area contributed by atoms with Crippen molar-refractivity contribution in [3.8, 4) is 34.1 Å². The Morgan fingerprint density at radius 3 is 2.49 bits per heavy atom. The first-order valence-corrected chi connectivity index (χ1v) is 15.8. The molecule has 0 amide bonds. The van der Waals surface area contributed by atoms with Gasteiger partial charge in [0.05, 0.1) is 22.0 Å². The summed E-state index contributed by atoms with van der Waals surface area (Å²) in [4.78, 5) is 25.1. The van der Waals surface area contributed by atoms with E-state index in [1.807, 2.05) is 27.7 Å². The highest BCUT2D eigenvalue weighted by Gasteiger charge is 2.34. The smallest absolute Gasteiger partial charge is 0.483 e. The van der Waals surface area contributed by atoms with Crippen LogP contribution in [0.15, 0.2) is 56.0 Å². The van der Waals surface area contributed by atoms with Crippen LogP contribution in [0.4, 0.5) is 3.89 Å². The molecule has 1 unspecified atom stereocenters. The topological polar surface area (TPSA) is 131 Å². The maximum Gasteiger partial charge on any atom is 0.488 e. The Balaban J connectivity index is 0.00000189. The molecule has 1 aromatic heterocycles. The Bertz CT molecular complexity index is 1770. The second kappa shape index (κ2) is 10.9. The standard InChI is InChI=1S/C26H24FNO9S2.C2H6/c1-14(2)6-8-16-23-17(10-11-26(3,4)34-23)24-21(25(16)37-39(27,31)32)22(29)18(13-33-24)15-7-9-19-20(12-15)36-38(5,28-30)35-19;1-2/h6-7,9-13H,8H2,1-5H3;1-2H3. The number of benzene rings is 2. The lowest BCUT2D eigenvalue weighted by Gasteiger charge is -2.30. The lowest BCUT2D eigenvalue weighted by atomic mass is 9.93. The van der Waals surface area contributed by atoms with E-state index in [9.17, 15) is 22.0 Å². The molecule has 41 heavy (non-hydrogen) atoms. The Hall–Kier alpha value is -3.84. The SMILES string of the molecule is CC.CC(C)=CCc1c2c(c3occ(-c4ccc5c(c4)OS(C)(N=O)O5)c(=O)c3c1OS(=O)(=O)F)C=CC(C)(C)O2. The van der Waals surface area contributed by atoms with Gasteiger partial charge in [-0.05, 0) is 64.0 Å². The molecule has 3 heterocycles. The van der Waals surface area contributed by atoms with E-state index < -0.39 is 38.1 Å². The van der Waals surface area contributed by atoms with Crippen LogP contribution in [-0.2, 0) is 16.9 Å². The molecule has 1 atom stereocenters. The molecule has 5 rings (SSSR count). The summed E-state index contributed by atoms with van der Waals surface area (Å²) in [6, 6.07) is 4.51. The number of hydrogen-bond acceptors (Lipinski definition) is 10. The van der Waals surface area contributed by atoms with Crippen LogP contribution in [-0.4, -0.2) is 20.3 Å². The van der Waals surface area contributed by atoms with Crippen LogP contribution < -0.4 is 22.7 Å². The summed E-state index contributed by atoms with van der Waals surface area (Å²) in [6.07, 6.45) is 7.95. The van der Waals surface area contributed by atoms with Gasteiger partial charge in [0.25, 0.3) is 0 Å². The van der Waals surface area contributed by atoms with Crippen molar-refractivity contribution in [3.05, 3.63) is 68.4 Å². The number of halogens is 1. The predicted molar refractivity (Wildman–Crippen MR) is 157 cm³/mol. The van der Waals surface area contributed by atoms with Gasteiger partial charge in [-0.1, -0.05) is 35.4 Å². The van der Waals surface area contributed by atoms with Gasteiger partial charge in [0, 0.05) is 16.3 Å². The molecule has 10 nitrogen and oxygen atoms in total. The third-order valence-electron chi connectivity index (χ3n) is 6.05. The first-order chi connectivity index (χ1) is 19.2. The predicted octanol–water partition coefficient (Wildman–Crippen LogP) is 7.49. The number of fused-ring (bicyclic) bond motifs is 4. The number of ether oxygens (including phenoxy) is 1. The van der Waals surface area contributed by atoms with Gasteiger partial charge in [-0.15, -0.1) is 4.91 Å². The van der Waals surface area contributed by atoms with Crippen molar-refractivity contribution < 1.29 is 34.0 Å². The molecule has 2 aliphatic heterocycles. The highest BCUT2D eigenvalue weighted by atomic mass is 32.3. The van der Waals surface area contributed by atoms with Crippen LogP contribution in [0.5, 0.6) is 23.0 Å². The van der Waals surface area contributed by atoms with Gasteiger partial charge < -0.3 is 21.7 Å². The van der Waals surface area contributed by atoms with Gasteiger partial charge in [0.2, 0.25) is 5.43 Å². The number of nitroso groups, excluding NO2 is 1. The van der Waals surface area contributed by atoms with Crippen molar-refractivity contribution in [3.63, 3.8) is 0 Å². The monoisotopic (exact) mass is 607 g/mol. The van der Waals surface area contributed by atoms with Crippen molar-refractivity contribution in [1.82, 2.24) is 0 Å². The Kier molecular flexibility index (Phi) is 7.98. The average Bonchev–Trinajstić information content (AvgIpc) is 3.24. The fraction of sp³-hybridized carbons (Fsp3) is 0.321. The average molecular weight is 608 g/mol. The molecule has 0 bridgehead atoms. The van der Waals surface area contributed by atoms with Crippen molar-refractivity contribution >= 4 is 38.3 Å². The summed E-state index contributed by atoms with van der Waals surface area (Å²) < 4.78 is 68.4. The molecule has 2 aliphatic rings. The summed E-state index contributed by atoms with van der Waals surface area (Å²) in [6.45, 7) is 11.3. The lowest BCUT2D eigenvalue weighted by molar-refractivity contribution is 0.157. The number of hydrogen-bond donors (Lipinski definition) is 0.